The molecule has 2 rings (SSSR count). The molecule has 3 atom stereocenters. The fourth-order valence-electron chi connectivity index (χ4n) is 2.34. The van der Waals surface area contributed by atoms with Crippen molar-refractivity contribution in [1.82, 2.24) is 0 Å². The highest BCUT2D eigenvalue weighted by Gasteiger charge is 2.29. The van der Waals surface area contributed by atoms with Gasteiger partial charge >= 0.3 is 0 Å². The van der Waals surface area contributed by atoms with E-state index in [1.807, 2.05) is 0 Å². The van der Waals surface area contributed by atoms with Crippen molar-refractivity contribution in [2.75, 3.05) is 11.5 Å². The molecule has 1 heterocycles. The summed E-state index contributed by atoms with van der Waals surface area (Å²) in [6.07, 6.45) is 2.24. The van der Waals surface area contributed by atoms with Crippen LogP contribution in [0, 0.1) is 3.57 Å². The molecule has 3 unspecified atom stereocenters. The van der Waals surface area contributed by atoms with Gasteiger partial charge in [-0.2, -0.15) is 23.5 Å². The Hall–Kier alpha value is 0.610. The van der Waals surface area contributed by atoms with Gasteiger partial charge in [0.15, 0.2) is 0 Å². The molecule has 0 saturated carbocycles. The van der Waals surface area contributed by atoms with Gasteiger partial charge in [-0.3, -0.25) is 0 Å². The normalized spacial score (nSPS) is 25.9. The van der Waals surface area contributed by atoms with E-state index in [1.165, 1.54) is 27.1 Å². The Bertz CT molecular complexity index is 369. The molecule has 100 valence electrons. The standard InChI is InChI=1S/C14H20INS2/c1-2-13-14(18-8-7-17-13)12(16)9-10-3-5-11(15)6-4-10/h3-6,12-14H,2,7-9,16H2,1H3. The van der Waals surface area contributed by atoms with Crippen LogP contribution < -0.4 is 5.73 Å². The van der Waals surface area contributed by atoms with Gasteiger partial charge in [0.05, 0.1) is 0 Å². The lowest BCUT2D eigenvalue weighted by molar-refractivity contribution is 0.597. The van der Waals surface area contributed by atoms with Crippen LogP contribution in [0.15, 0.2) is 24.3 Å². The maximum Gasteiger partial charge on any atom is 0.0321 e. The average molecular weight is 393 g/mol. The van der Waals surface area contributed by atoms with Crippen molar-refractivity contribution in [3.63, 3.8) is 0 Å². The maximum atomic E-state index is 6.45. The van der Waals surface area contributed by atoms with Crippen molar-refractivity contribution >= 4 is 46.1 Å². The Morgan fingerprint density at radius 2 is 1.94 bits per heavy atom. The molecule has 18 heavy (non-hydrogen) atoms. The third-order valence-corrected chi connectivity index (χ3v) is 7.45. The molecule has 4 heteroatoms. The summed E-state index contributed by atoms with van der Waals surface area (Å²) in [6.45, 7) is 2.29. The number of nitrogens with two attached hydrogens (primary N) is 1. The van der Waals surface area contributed by atoms with E-state index in [4.69, 9.17) is 5.73 Å². The molecule has 0 radical (unpaired) electrons. The van der Waals surface area contributed by atoms with Crippen molar-refractivity contribution < 1.29 is 0 Å². The predicted octanol–water partition coefficient (Wildman–Crippen LogP) is 3.79. The lowest BCUT2D eigenvalue weighted by Gasteiger charge is -2.34. The molecule has 1 aliphatic heterocycles. The molecule has 0 spiro atoms. The highest BCUT2D eigenvalue weighted by molar-refractivity contribution is 14.1. The number of halogens is 1. The summed E-state index contributed by atoms with van der Waals surface area (Å²) in [4.78, 5) is 0. The van der Waals surface area contributed by atoms with Crippen LogP contribution in [-0.2, 0) is 6.42 Å². The molecule has 1 saturated heterocycles. The van der Waals surface area contributed by atoms with E-state index in [-0.39, 0.29) is 6.04 Å². The fourth-order valence-corrected chi connectivity index (χ4v) is 5.90. The average Bonchev–Trinajstić information content (AvgIpc) is 2.41. The van der Waals surface area contributed by atoms with Gasteiger partial charge in [-0.05, 0) is 53.1 Å². The third-order valence-electron chi connectivity index (χ3n) is 3.30. The third kappa shape index (κ3) is 4.05. The highest BCUT2D eigenvalue weighted by atomic mass is 127. The molecule has 0 aromatic heterocycles. The second-order valence-electron chi connectivity index (χ2n) is 4.65. The summed E-state index contributed by atoms with van der Waals surface area (Å²) in [7, 11) is 0. The predicted molar refractivity (Wildman–Crippen MR) is 93.6 cm³/mol. The summed E-state index contributed by atoms with van der Waals surface area (Å²) < 4.78 is 1.29. The first-order valence-corrected chi connectivity index (χ1v) is 9.61. The van der Waals surface area contributed by atoms with Crippen LogP contribution in [0.25, 0.3) is 0 Å². The van der Waals surface area contributed by atoms with Crippen LogP contribution in [0.4, 0.5) is 0 Å². The van der Waals surface area contributed by atoms with Gasteiger partial charge in [-0.1, -0.05) is 19.1 Å². The van der Waals surface area contributed by atoms with Crippen molar-refractivity contribution in [1.29, 1.82) is 0 Å². The topological polar surface area (TPSA) is 26.0 Å². The summed E-state index contributed by atoms with van der Waals surface area (Å²) in [5.41, 5.74) is 7.82. The van der Waals surface area contributed by atoms with Gasteiger partial charge in [0.25, 0.3) is 0 Å². The molecule has 1 aromatic carbocycles. The van der Waals surface area contributed by atoms with Crippen LogP contribution in [0.1, 0.15) is 18.9 Å². The minimum Gasteiger partial charge on any atom is -0.326 e. The van der Waals surface area contributed by atoms with E-state index < -0.39 is 0 Å². The largest absolute Gasteiger partial charge is 0.326 e. The summed E-state index contributed by atoms with van der Waals surface area (Å²) >= 11 is 6.53. The first kappa shape index (κ1) is 15.0. The Kier molecular flexibility index (Phi) is 6.18. The van der Waals surface area contributed by atoms with Gasteiger partial charge in [-0.25, -0.2) is 0 Å². The molecule has 1 aromatic rings. The minimum absolute atomic E-state index is 0.285. The molecule has 2 N–H and O–H groups in total. The number of thioether (sulfide) groups is 2. The van der Waals surface area contributed by atoms with E-state index in [1.54, 1.807) is 0 Å². The monoisotopic (exact) mass is 393 g/mol. The van der Waals surface area contributed by atoms with E-state index in [0.29, 0.717) is 5.25 Å². The van der Waals surface area contributed by atoms with E-state index >= 15 is 0 Å². The van der Waals surface area contributed by atoms with Gasteiger partial charge in [-0.15, -0.1) is 0 Å². The molecule has 0 aliphatic carbocycles. The van der Waals surface area contributed by atoms with Crippen LogP contribution in [0.3, 0.4) is 0 Å². The fraction of sp³-hybridized carbons (Fsp3) is 0.571. The Labute approximate surface area is 132 Å². The zero-order valence-electron chi connectivity index (χ0n) is 10.6. The lowest BCUT2D eigenvalue weighted by Crippen LogP contribution is -2.43. The van der Waals surface area contributed by atoms with E-state index in [0.717, 1.165) is 11.7 Å². The van der Waals surface area contributed by atoms with Crippen molar-refractivity contribution in [3.05, 3.63) is 33.4 Å². The van der Waals surface area contributed by atoms with E-state index in [2.05, 4.69) is 77.3 Å². The molecule has 0 amide bonds. The molecular formula is C14H20INS2. The smallest absolute Gasteiger partial charge is 0.0321 e. The van der Waals surface area contributed by atoms with Crippen LogP contribution in [0.5, 0.6) is 0 Å². The second-order valence-corrected chi connectivity index (χ2v) is 8.53. The molecule has 1 nitrogen and oxygen atoms in total. The quantitative estimate of drug-likeness (QED) is 0.789. The Morgan fingerprint density at radius 1 is 1.28 bits per heavy atom. The van der Waals surface area contributed by atoms with Gasteiger partial charge < -0.3 is 5.73 Å². The molecular weight excluding hydrogens is 373 g/mol. The summed E-state index contributed by atoms with van der Waals surface area (Å²) in [5.74, 6) is 2.54. The first-order chi connectivity index (χ1) is 8.70. The first-order valence-electron chi connectivity index (χ1n) is 6.44. The SMILES string of the molecule is CCC1SCCSC1C(N)Cc1ccc(I)cc1. The minimum atomic E-state index is 0.285. The van der Waals surface area contributed by atoms with Gasteiger partial charge in [0.2, 0.25) is 0 Å². The van der Waals surface area contributed by atoms with Crippen molar-refractivity contribution in [2.45, 2.75) is 36.3 Å². The van der Waals surface area contributed by atoms with E-state index in [9.17, 15) is 0 Å². The molecule has 0 bridgehead atoms. The lowest BCUT2D eigenvalue weighted by atomic mass is 10.0. The zero-order chi connectivity index (χ0) is 13.0. The number of rotatable bonds is 4. The summed E-state index contributed by atoms with van der Waals surface area (Å²) in [5, 5.41) is 1.36. The zero-order valence-corrected chi connectivity index (χ0v) is 14.4. The Morgan fingerprint density at radius 3 is 2.61 bits per heavy atom. The maximum absolute atomic E-state index is 6.45. The van der Waals surface area contributed by atoms with Crippen LogP contribution >= 0.6 is 46.1 Å². The molecule has 1 aliphatic rings. The number of hydrogen-bond acceptors (Lipinski definition) is 3. The number of benzene rings is 1. The summed E-state index contributed by atoms with van der Waals surface area (Å²) in [6, 6.07) is 9.05. The highest BCUT2D eigenvalue weighted by Crippen LogP contribution is 2.35. The second kappa shape index (κ2) is 7.41. The van der Waals surface area contributed by atoms with Crippen molar-refractivity contribution in [2.24, 2.45) is 5.73 Å². The van der Waals surface area contributed by atoms with Crippen LogP contribution in [0.2, 0.25) is 0 Å². The Balaban J connectivity index is 1.97. The van der Waals surface area contributed by atoms with Crippen molar-refractivity contribution in [3.8, 4) is 0 Å². The number of hydrogen-bond donors (Lipinski definition) is 1. The van der Waals surface area contributed by atoms with Crippen LogP contribution in [-0.4, -0.2) is 28.0 Å². The van der Waals surface area contributed by atoms with Gasteiger partial charge in [0.1, 0.15) is 0 Å². The van der Waals surface area contributed by atoms with Gasteiger partial charge in [0, 0.05) is 31.6 Å². The molecule has 1 fully saturated rings.